The lowest BCUT2D eigenvalue weighted by molar-refractivity contribution is -0.140. The molecule has 242 valence electrons. The quantitative estimate of drug-likeness (QED) is 0.152. The first-order valence-electron chi connectivity index (χ1n) is 14.5. The van der Waals surface area contributed by atoms with Crippen LogP contribution < -0.4 is 9.62 Å². The summed E-state index contributed by atoms with van der Waals surface area (Å²) in [6.07, 6.45) is 0.827. The van der Waals surface area contributed by atoms with Gasteiger partial charge < -0.3 is 10.2 Å². The van der Waals surface area contributed by atoms with Crippen molar-refractivity contribution in [3.8, 4) is 0 Å². The monoisotopic (exact) mass is 719 g/mol. The predicted molar refractivity (Wildman–Crippen MR) is 186 cm³/mol. The summed E-state index contributed by atoms with van der Waals surface area (Å²) in [5.41, 5.74) is 1.42. The molecule has 12 heteroatoms. The van der Waals surface area contributed by atoms with Gasteiger partial charge in [0.05, 0.1) is 10.6 Å². The lowest BCUT2D eigenvalue weighted by Gasteiger charge is -2.34. The molecule has 0 aliphatic carbocycles. The van der Waals surface area contributed by atoms with E-state index in [9.17, 15) is 18.0 Å². The van der Waals surface area contributed by atoms with Crippen LogP contribution in [-0.2, 0) is 32.6 Å². The zero-order valence-corrected chi connectivity index (χ0v) is 29.0. The average Bonchev–Trinajstić information content (AvgIpc) is 3.02. The normalized spacial score (nSPS) is 12.7. The van der Waals surface area contributed by atoms with E-state index in [1.807, 2.05) is 44.2 Å². The Hall–Kier alpha value is -3.27. The molecule has 0 unspecified atom stereocenters. The number of hydrogen-bond acceptors (Lipinski definition) is 4. The van der Waals surface area contributed by atoms with Crippen molar-refractivity contribution in [1.29, 1.82) is 0 Å². The lowest BCUT2D eigenvalue weighted by atomic mass is 10.0. The van der Waals surface area contributed by atoms with E-state index in [0.29, 0.717) is 22.0 Å². The molecule has 1 N–H and O–H groups in total. The van der Waals surface area contributed by atoms with E-state index in [4.69, 9.17) is 46.4 Å². The van der Waals surface area contributed by atoms with Crippen LogP contribution in [0.5, 0.6) is 0 Å². The minimum absolute atomic E-state index is 0.0402. The van der Waals surface area contributed by atoms with Crippen molar-refractivity contribution in [2.45, 2.75) is 50.2 Å². The van der Waals surface area contributed by atoms with E-state index in [1.165, 1.54) is 35.2 Å². The molecule has 46 heavy (non-hydrogen) atoms. The van der Waals surface area contributed by atoms with Gasteiger partial charge in [-0.15, -0.1) is 0 Å². The Bertz CT molecular complexity index is 1760. The van der Waals surface area contributed by atoms with Crippen LogP contribution in [0.2, 0.25) is 20.1 Å². The molecule has 0 aliphatic rings. The van der Waals surface area contributed by atoms with Crippen molar-refractivity contribution in [1.82, 2.24) is 10.2 Å². The van der Waals surface area contributed by atoms with Gasteiger partial charge in [0.1, 0.15) is 12.6 Å². The second kappa shape index (κ2) is 16.0. The molecule has 0 spiro atoms. The second-order valence-electron chi connectivity index (χ2n) is 10.7. The summed E-state index contributed by atoms with van der Waals surface area (Å²) in [6.45, 7) is 3.05. The van der Waals surface area contributed by atoms with Crippen molar-refractivity contribution in [3.05, 3.63) is 128 Å². The number of benzene rings is 4. The number of hydrogen-bond donors (Lipinski definition) is 1. The summed E-state index contributed by atoms with van der Waals surface area (Å²) in [5.74, 6) is -1.04. The first-order valence-corrected chi connectivity index (χ1v) is 17.5. The molecule has 0 heterocycles. The van der Waals surface area contributed by atoms with Gasteiger partial charge in [-0.1, -0.05) is 108 Å². The van der Waals surface area contributed by atoms with Crippen LogP contribution >= 0.6 is 46.4 Å². The molecule has 0 saturated heterocycles. The highest BCUT2D eigenvalue weighted by Gasteiger charge is 2.35. The number of nitrogens with zero attached hydrogens (tertiary/aromatic N) is 2. The molecule has 2 amide bonds. The maximum absolute atomic E-state index is 14.6. The fourth-order valence-corrected chi connectivity index (χ4v) is 7.16. The number of carbonyl (C=O) groups excluding carboxylic acids is 2. The highest BCUT2D eigenvalue weighted by Crippen LogP contribution is 2.31. The molecule has 4 aromatic rings. The average molecular weight is 722 g/mol. The van der Waals surface area contributed by atoms with Gasteiger partial charge in [-0.25, -0.2) is 8.42 Å². The van der Waals surface area contributed by atoms with Gasteiger partial charge in [0, 0.05) is 39.1 Å². The van der Waals surface area contributed by atoms with Crippen LogP contribution in [0.25, 0.3) is 0 Å². The molecule has 0 fully saturated rings. The second-order valence-corrected chi connectivity index (χ2v) is 14.3. The maximum atomic E-state index is 14.6. The number of halogens is 4. The van der Waals surface area contributed by atoms with Crippen molar-refractivity contribution in [3.63, 3.8) is 0 Å². The van der Waals surface area contributed by atoms with E-state index in [2.05, 4.69) is 5.32 Å². The molecule has 7 nitrogen and oxygen atoms in total. The number of carbonyl (C=O) groups is 2. The zero-order chi connectivity index (χ0) is 33.4. The van der Waals surface area contributed by atoms with Gasteiger partial charge in [0.2, 0.25) is 11.8 Å². The Labute approximate surface area is 290 Å². The van der Waals surface area contributed by atoms with Crippen molar-refractivity contribution >= 4 is 73.9 Å². The summed E-state index contributed by atoms with van der Waals surface area (Å²) in [6, 6.07) is 24.9. The van der Waals surface area contributed by atoms with Crippen LogP contribution in [0.3, 0.4) is 0 Å². The van der Waals surface area contributed by atoms with Crippen LogP contribution in [0.4, 0.5) is 5.69 Å². The number of rotatable bonds is 13. The third-order valence-corrected chi connectivity index (χ3v) is 10.2. The third kappa shape index (κ3) is 9.17. The Morgan fingerprint density at radius 2 is 1.41 bits per heavy atom. The summed E-state index contributed by atoms with van der Waals surface area (Å²) < 4.78 is 29.1. The van der Waals surface area contributed by atoms with Crippen LogP contribution in [-0.4, -0.2) is 43.8 Å². The first kappa shape index (κ1) is 35.6. The van der Waals surface area contributed by atoms with Gasteiger partial charge >= 0.3 is 0 Å². The first-order chi connectivity index (χ1) is 21.9. The topological polar surface area (TPSA) is 86.8 Å². The fraction of sp³-hybridized carbons (Fsp3) is 0.235. The largest absolute Gasteiger partial charge is 0.352 e. The van der Waals surface area contributed by atoms with E-state index >= 15 is 0 Å². The molecular formula is C34H33Cl4N3O4S. The molecule has 4 aromatic carbocycles. The number of nitrogens with one attached hydrogen (secondary N) is 1. The van der Waals surface area contributed by atoms with Crippen LogP contribution in [0.15, 0.2) is 102 Å². The molecule has 0 saturated carbocycles. The molecule has 2 atom stereocenters. The summed E-state index contributed by atoms with van der Waals surface area (Å²) >= 11 is 25.3. The molecule has 0 radical (unpaired) electrons. The summed E-state index contributed by atoms with van der Waals surface area (Å²) in [4.78, 5) is 29.8. The van der Waals surface area contributed by atoms with E-state index in [1.54, 1.807) is 36.4 Å². The molecule has 0 aromatic heterocycles. The number of sulfonamides is 1. The smallest absolute Gasteiger partial charge is 0.264 e. The molecule has 0 bridgehead atoms. The number of amides is 2. The van der Waals surface area contributed by atoms with E-state index < -0.39 is 28.5 Å². The SMILES string of the molecule is CC[C@@H](C)NC(=O)[C@H](Cc1ccccc1)N(Cc1ccc(Cl)cc1Cl)C(=O)CN(c1cc(Cl)cc(Cl)c1)S(=O)(=O)c1ccccc1. The van der Waals surface area contributed by atoms with Gasteiger partial charge in [-0.3, -0.25) is 13.9 Å². The Morgan fingerprint density at radius 3 is 2.00 bits per heavy atom. The minimum atomic E-state index is -4.31. The van der Waals surface area contributed by atoms with E-state index in [0.717, 1.165) is 9.87 Å². The molecular weight excluding hydrogens is 688 g/mol. The summed E-state index contributed by atoms with van der Waals surface area (Å²) in [5, 5.41) is 4.06. The Balaban J connectivity index is 1.85. The fourth-order valence-electron chi connectivity index (χ4n) is 4.76. The van der Waals surface area contributed by atoms with Crippen LogP contribution in [0, 0.1) is 0 Å². The molecule has 0 aliphatic heterocycles. The van der Waals surface area contributed by atoms with Gasteiger partial charge in [-0.05, 0) is 66.9 Å². The van der Waals surface area contributed by atoms with Gasteiger partial charge in [0.25, 0.3) is 10.0 Å². The van der Waals surface area contributed by atoms with Gasteiger partial charge in [-0.2, -0.15) is 0 Å². The highest BCUT2D eigenvalue weighted by molar-refractivity contribution is 7.92. The van der Waals surface area contributed by atoms with Gasteiger partial charge in [0.15, 0.2) is 0 Å². The zero-order valence-electron chi connectivity index (χ0n) is 25.2. The Morgan fingerprint density at radius 1 is 0.804 bits per heavy atom. The third-order valence-electron chi connectivity index (χ3n) is 7.37. The van der Waals surface area contributed by atoms with Crippen molar-refractivity contribution < 1.29 is 18.0 Å². The minimum Gasteiger partial charge on any atom is -0.352 e. The van der Waals surface area contributed by atoms with Crippen molar-refractivity contribution in [2.24, 2.45) is 0 Å². The number of anilines is 1. The standard InChI is InChI=1S/C34H33Cl4N3O4S/c1-3-23(2)39-34(43)32(16-24-10-6-4-7-11-24)40(21-25-14-15-26(35)20-31(25)38)33(42)22-41(29-18-27(36)17-28(37)19-29)46(44,45)30-12-8-5-9-13-30/h4-15,17-20,23,32H,3,16,21-22H2,1-2H3,(H,39,43)/t23-,32+/m1/s1. The highest BCUT2D eigenvalue weighted by atomic mass is 35.5. The lowest BCUT2D eigenvalue weighted by Crippen LogP contribution is -2.54. The Kier molecular flexibility index (Phi) is 12.4. The van der Waals surface area contributed by atoms with Crippen LogP contribution in [0.1, 0.15) is 31.4 Å². The van der Waals surface area contributed by atoms with E-state index in [-0.39, 0.29) is 45.5 Å². The van der Waals surface area contributed by atoms with Crippen molar-refractivity contribution in [2.75, 3.05) is 10.8 Å². The predicted octanol–water partition coefficient (Wildman–Crippen LogP) is 8.05. The molecule has 4 rings (SSSR count). The summed E-state index contributed by atoms with van der Waals surface area (Å²) in [7, 11) is -4.31. The maximum Gasteiger partial charge on any atom is 0.264 e.